The van der Waals surface area contributed by atoms with Gasteiger partial charge in [-0.25, -0.2) is 4.98 Å². The molecular formula is C20H14ClN3O4. The number of benzene rings is 1. The molecule has 8 heteroatoms. The molecule has 0 saturated heterocycles. The number of nitriles is 1. The highest BCUT2D eigenvalue weighted by atomic mass is 35.5. The first-order valence-corrected chi connectivity index (χ1v) is 9.18. The van der Waals surface area contributed by atoms with E-state index >= 15 is 0 Å². The van der Waals surface area contributed by atoms with Crippen LogP contribution in [0.15, 0.2) is 41.0 Å². The molecule has 0 radical (unpaired) electrons. The molecule has 7 nitrogen and oxygen atoms in total. The lowest BCUT2D eigenvalue weighted by Gasteiger charge is -2.31. The number of rotatable bonds is 1. The van der Waals surface area contributed by atoms with Gasteiger partial charge >= 0.3 is 0 Å². The topological polar surface area (TPSA) is 107 Å². The molecule has 2 aromatic rings. The molecule has 0 unspecified atom stereocenters. The fourth-order valence-corrected chi connectivity index (χ4v) is 4.18. The van der Waals surface area contributed by atoms with E-state index in [1.54, 1.807) is 12.1 Å². The number of carbonyl (C=O) groups is 1. The minimum atomic E-state index is -0.698. The smallest absolute Gasteiger partial charge is 0.231 e. The Balaban J connectivity index is 1.74. The summed E-state index contributed by atoms with van der Waals surface area (Å²) in [5, 5.41) is 10.7. The normalized spacial score (nSPS) is 20.9. The first kappa shape index (κ1) is 16.9. The Morgan fingerprint density at radius 1 is 1.21 bits per heavy atom. The molecule has 2 N–H and O–H groups in total. The van der Waals surface area contributed by atoms with E-state index in [2.05, 4.69) is 11.1 Å². The molecule has 3 heterocycles. The number of ketones is 1. The first-order chi connectivity index (χ1) is 13.6. The standard InChI is InChI=1S/C20H14ClN3O4/c21-19-10(4-9-5-15-16(27-8-26-15)6-12(9)24-19)17-11(7-22)20(23)28-14-3-1-2-13(25)18(14)17/h4-6,17H,1-3,8,23H2/t17-/m1/s1. The minimum absolute atomic E-state index is 0.00259. The first-order valence-electron chi connectivity index (χ1n) is 8.80. The maximum atomic E-state index is 12.7. The van der Waals surface area contributed by atoms with Gasteiger partial charge in [0.15, 0.2) is 17.3 Å². The second-order valence-electron chi connectivity index (χ2n) is 6.80. The van der Waals surface area contributed by atoms with Crippen LogP contribution in [0, 0.1) is 11.3 Å². The number of hydrogen-bond donors (Lipinski definition) is 1. The summed E-state index contributed by atoms with van der Waals surface area (Å²) in [6, 6.07) is 7.46. The number of hydrogen-bond acceptors (Lipinski definition) is 7. The van der Waals surface area contributed by atoms with Crippen molar-refractivity contribution in [2.75, 3.05) is 6.79 Å². The van der Waals surface area contributed by atoms with Crippen LogP contribution >= 0.6 is 11.6 Å². The van der Waals surface area contributed by atoms with E-state index in [1.807, 2.05) is 6.07 Å². The zero-order valence-electron chi connectivity index (χ0n) is 14.6. The van der Waals surface area contributed by atoms with Crippen molar-refractivity contribution in [3.8, 4) is 17.6 Å². The number of ether oxygens (including phenoxy) is 3. The van der Waals surface area contributed by atoms with E-state index in [-0.39, 0.29) is 29.2 Å². The third-order valence-corrected chi connectivity index (χ3v) is 5.51. The number of fused-ring (bicyclic) bond motifs is 2. The van der Waals surface area contributed by atoms with Crippen molar-refractivity contribution in [3.05, 3.63) is 51.7 Å². The second-order valence-corrected chi connectivity index (χ2v) is 7.16. The maximum absolute atomic E-state index is 12.7. The van der Waals surface area contributed by atoms with Crippen LogP contribution in [0.25, 0.3) is 10.9 Å². The van der Waals surface area contributed by atoms with Crippen molar-refractivity contribution in [1.82, 2.24) is 4.98 Å². The molecule has 1 atom stereocenters. The van der Waals surface area contributed by atoms with Crippen LogP contribution in [0.4, 0.5) is 0 Å². The summed E-state index contributed by atoms with van der Waals surface area (Å²) in [6.45, 7) is 0.148. The third kappa shape index (κ3) is 2.42. The maximum Gasteiger partial charge on any atom is 0.231 e. The number of aromatic nitrogens is 1. The lowest BCUT2D eigenvalue weighted by Crippen LogP contribution is -2.27. The van der Waals surface area contributed by atoms with Crippen LogP contribution in [-0.4, -0.2) is 17.6 Å². The number of pyridine rings is 1. The summed E-state index contributed by atoms with van der Waals surface area (Å²) in [6.07, 6.45) is 1.68. The van der Waals surface area contributed by atoms with E-state index in [0.717, 1.165) is 5.39 Å². The molecule has 0 bridgehead atoms. The summed E-state index contributed by atoms with van der Waals surface area (Å²) in [5.41, 5.74) is 7.78. The zero-order valence-corrected chi connectivity index (χ0v) is 15.4. The van der Waals surface area contributed by atoms with Gasteiger partial charge in [0.25, 0.3) is 0 Å². The SMILES string of the molecule is N#CC1=C(N)OC2=C(C(=O)CCC2)[C@@H]1c1cc2cc3c(cc2nc1Cl)OCO3. The van der Waals surface area contributed by atoms with Crippen LogP contribution in [-0.2, 0) is 9.53 Å². The van der Waals surface area contributed by atoms with Crippen molar-refractivity contribution >= 4 is 28.3 Å². The van der Waals surface area contributed by atoms with Crippen molar-refractivity contribution in [2.24, 2.45) is 5.73 Å². The summed E-state index contributed by atoms with van der Waals surface area (Å²) < 4.78 is 16.4. The molecule has 1 aromatic heterocycles. The highest BCUT2D eigenvalue weighted by Crippen LogP contribution is 2.46. The molecule has 3 aliphatic rings. The second kappa shape index (κ2) is 6.14. The number of halogens is 1. The Labute approximate surface area is 164 Å². The number of allylic oxidation sites excluding steroid dienone is 3. The average Bonchev–Trinajstić information content (AvgIpc) is 3.12. The van der Waals surface area contributed by atoms with E-state index in [0.29, 0.717) is 53.2 Å². The summed E-state index contributed by atoms with van der Waals surface area (Å²) in [4.78, 5) is 17.2. The molecule has 2 aliphatic heterocycles. The van der Waals surface area contributed by atoms with Gasteiger partial charge in [-0.15, -0.1) is 0 Å². The highest BCUT2D eigenvalue weighted by molar-refractivity contribution is 6.31. The summed E-state index contributed by atoms with van der Waals surface area (Å²) in [5.74, 6) is 0.968. The van der Waals surface area contributed by atoms with Gasteiger partial charge in [-0.1, -0.05) is 11.6 Å². The number of nitrogens with zero attached hydrogens (tertiary/aromatic N) is 2. The fourth-order valence-electron chi connectivity index (χ4n) is 3.93. The minimum Gasteiger partial charge on any atom is -0.454 e. The predicted octanol–water partition coefficient (Wildman–Crippen LogP) is 3.43. The fraction of sp³-hybridized carbons (Fsp3) is 0.250. The van der Waals surface area contributed by atoms with E-state index in [4.69, 9.17) is 31.5 Å². The molecule has 1 aliphatic carbocycles. The van der Waals surface area contributed by atoms with Crippen LogP contribution in [0.2, 0.25) is 5.15 Å². The summed E-state index contributed by atoms with van der Waals surface area (Å²) in [7, 11) is 0. The van der Waals surface area contributed by atoms with Crippen LogP contribution in [0.5, 0.6) is 11.5 Å². The predicted molar refractivity (Wildman–Crippen MR) is 99.4 cm³/mol. The molecular weight excluding hydrogens is 382 g/mol. The lowest BCUT2D eigenvalue weighted by molar-refractivity contribution is -0.116. The molecule has 0 saturated carbocycles. The molecule has 140 valence electrons. The molecule has 5 rings (SSSR count). The Morgan fingerprint density at radius 3 is 2.79 bits per heavy atom. The lowest BCUT2D eigenvalue weighted by atomic mass is 9.78. The number of Topliss-reactive ketones (excluding diaryl/α,β-unsaturated/α-hetero) is 1. The molecule has 28 heavy (non-hydrogen) atoms. The van der Waals surface area contributed by atoms with E-state index < -0.39 is 5.92 Å². The Bertz CT molecular complexity index is 1160. The Kier molecular flexibility index (Phi) is 3.71. The van der Waals surface area contributed by atoms with Crippen molar-refractivity contribution < 1.29 is 19.0 Å². The molecule has 0 fully saturated rings. The van der Waals surface area contributed by atoms with E-state index in [9.17, 15) is 10.1 Å². The number of nitrogens with two attached hydrogens (primary N) is 1. The van der Waals surface area contributed by atoms with Gasteiger partial charge in [-0.2, -0.15) is 5.26 Å². The van der Waals surface area contributed by atoms with Gasteiger partial charge in [0.1, 0.15) is 22.6 Å². The molecule has 0 spiro atoms. The van der Waals surface area contributed by atoms with Gasteiger partial charge in [-0.3, -0.25) is 4.79 Å². The van der Waals surface area contributed by atoms with Crippen molar-refractivity contribution in [2.45, 2.75) is 25.2 Å². The Hall–Kier alpha value is -3.24. The van der Waals surface area contributed by atoms with Crippen molar-refractivity contribution in [1.29, 1.82) is 5.26 Å². The van der Waals surface area contributed by atoms with Crippen LogP contribution < -0.4 is 15.2 Å². The van der Waals surface area contributed by atoms with Gasteiger partial charge in [0, 0.05) is 35.4 Å². The van der Waals surface area contributed by atoms with E-state index in [1.165, 1.54) is 0 Å². The van der Waals surface area contributed by atoms with Gasteiger partial charge < -0.3 is 19.9 Å². The van der Waals surface area contributed by atoms with Gasteiger partial charge in [0.05, 0.1) is 11.4 Å². The molecule has 0 amide bonds. The van der Waals surface area contributed by atoms with Crippen molar-refractivity contribution in [3.63, 3.8) is 0 Å². The Morgan fingerprint density at radius 2 is 2.00 bits per heavy atom. The quantitative estimate of drug-likeness (QED) is 0.737. The van der Waals surface area contributed by atoms with Gasteiger partial charge in [-0.05, 0) is 18.6 Å². The van der Waals surface area contributed by atoms with Gasteiger partial charge in [0.2, 0.25) is 12.7 Å². The molecule has 1 aromatic carbocycles. The largest absolute Gasteiger partial charge is 0.454 e. The number of carbonyl (C=O) groups excluding carboxylic acids is 1. The monoisotopic (exact) mass is 395 g/mol. The van der Waals surface area contributed by atoms with Crippen LogP contribution in [0.3, 0.4) is 0 Å². The van der Waals surface area contributed by atoms with Crippen LogP contribution in [0.1, 0.15) is 30.7 Å². The summed E-state index contributed by atoms with van der Waals surface area (Å²) >= 11 is 6.51. The third-order valence-electron chi connectivity index (χ3n) is 5.21. The average molecular weight is 396 g/mol. The zero-order chi connectivity index (χ0) is 19.4. The highest BCUT2D eigenvalue weighted by Gasteiger charge is 2.39.